The van der Waals surface area contributed by atoms with Gasteiger partial charge in [-0.05, 0) is 49.2 Å². The standard InChI is InChI=1S/C22H16ClN3O4/c1-13-4-6-17(26(28)29)11-19(13)21-8-7-18(30-21)9-15(12-24)22(27)25-16-5-3-14(2)20(23)10-16/h3-11H,1-2H3,(H,25,27)/b15-9+. The molecular formula is C22H16ClN3O4. The van der Waals surface area contributed by atoms with E-state index in [4.69, 9.17) is 16.0 Å². The Morgan fingerprint density at radius 2 is 1.90 bits per heavy atom. The Kier molecular flexibility index (Phi) is 6.00. The highest BCUT2D eigenvalue weighted by Gasteiger charge is 2.15. The van der Waals surface area contributed by atoms with Crippen molar-refractivity contribution >= 4 is 35.0 Å². The number of hydrogen-bond donors (Lipinski definition) is 1. The van der Waals surface area contributed by atoms with E-state index in [-0.39, 0.29) is 17.0 Å². The van der Waals surface area contributed by atoms with Crippen LogP contribution in [0.4, 0.5) is 11.4 Å². The molecular weight excluding hydrogens is 406 g/mol. The maximum absolute atomic E-state index is 12.4. The van der Waals surface area contributed by atoms with Gasteiger partial charge in [-0.15, -0.1) is 0 Å². The molecule has 0 saturated heterocycles. The first-order valence-corrected chi connectivity index (χ1v) is 9.21. The lowest BCUT2D eigenvalue weighted by molar-refractivity contribution is -0.384. The van der Waals surface area contributed by atoms with Gasteiger partial charge >= 0.3 is 0 Å². The van der Waals surface area contributed by atoms with E-state index in [1.54, 1.807) is 43.3 Å². The van der Waals surface area contributed by atoms with Gasteiger partial charge in [0.25, 0.3) is 11.6 Å². The zero-order chi connectivity index (χ0) is 21.8. The number of anilines is 1. The molecule has 0 aliphatic heterocycles. The lowest BCUT2D eigenvalue weighted by Crippen LogP contribution is -2.13. The van der Waals surface area contributed by atoms with Crippen LogP contribution in [0.3, 0.4) is 0 Å². The molecule has 0 saturated carbocycles. The number of rotatable bonds is 5. The van der Waals surface area contributed by atoms with Gasteiger partial charge in [-0.1, -0.05) is 23.7 Å². The second-order valence-corrected chi connectivity index (χ2v) is 6.95. The first-order valence-electron chi connectivity index (χ1n) is 8.83. The minimum atomic E-state index is -0.609. The van der Waals surface area contributed by atoms with Gasteiger partial charge in [0, 0.05) is 34.5 Å². The molecule has 0 aliphatic carbocycles. The number of nitrogens with one attached hydrogen (secondary N) is 1. The molecule has 1 N–H and O–H groups in total. The van der Waals surface area contributed by atoms with Crippen LogP contribution < -0.4 is 5.32 Å². The lowest BCUT2D eigenvalue weighted by atomic mass is 10.1. The van der Waals surface area contributed by atoms with Gasteiger partial charge in [0.2, 0.25) is 0 Å². The van der Waals surface area contributed by atoms with E-state index < -0.39 is 10.8 Å². The van der Waals surface area contributed by atoms with Crippen molar-refractivity contribution < 1.29 is 14.1 Å². The Morgan fingerprint density at radius 3 is 2.57 bits per heavy atom. The highest BCUT2D eigenvalue weighted by Crippen LogP contribution is 2.30. The van der Waals surface area contributed by atoms with Gasteiger partial charge in [-0.2, -0.15) is 5.26 Å². The molecule has 3 aromatic rings. The van der Waals surface area contributed by atoms with Gasteiger partial charge in [0.05, 0.1) is 4.92 Å². The Labute approximate surface area is 177 Å². The van der Waals surface area contributed by atoms with E-state index in [2.05, 4.69) is 5.32 Å². The maximum atomic E-state index is 12.4. The minimum Gasteiger partial charge on any atom is -0.457 e. The quantitative estimate of drug-likeness (QED) is 0.247. The fourth-order valence-corrected chi connectivity index (χ4v) is 2.90. The first-order chi connectivity index (χ1) is 14.3. The normalized spacial score (nSPS) is 11.1. The predicted molar refractivity (Wildman–Crippen MR) is 114 cm³/mol. The first kappa shape index (κ1) is 20.8. The minimum absolute atomic E-state index is 0.0575. The van der Waals surface area contributed by atoms with Crippen LogP contribution >= 0.6 is 11.6 Å². The summed E-state index contributed by atoms with van der Waals surface area (Å²) in [5.74, 6) is 0.0527. The van der Waals surface area contributed by atoms with Crippen LogP contribution in [-0.2, 0) is 4.79 Å². The second kappa shape index (κ2) is 8.64. The summed E-state index contributed by atoms with van der Waals surface area (Å²) in [4.78, 5) is 23.0. The van der Waals surface area contributed by atoms with E-state index in [1.807, 2.05) is 13.0 Å². The zero-order valence-electron chi connectivity index (χ0n) is 16.1. The van der Waals surface area contributed by atoms with Crippen molar-refractivity contribution in [2.45, 2.75) is 13.8 Å². The highest BCUT2D eigenvalue weighted by molar-refractivity contribution is 6.31. The Bertz CT molecular complexity index is 1220. The molecule has 0 bridgehead atoms. The maximum Gasteiger partial charge on any atom is 0.270 e. The molecule has 0 radical (unpaired) electrons. The summed E-state index contributed by atoms with van der Waals surface area (Å²) in [6.07, 6.45) is 1.31. The average Bonchev–Trinajstić information content (AvgIpc) is 3.17. The molecule has 7 nitrogen and oxygen atoms in total. The van der Waals surface area contributed by atoms with Crippen LogP contribution in [0.15, 0.2) is 58.5 Å². The second-order valence-electron chi connectivity index (χ2n) is 6.55. The van der Waals surface area contributed by atoms with Crippen LogP contribution in [0, 0.1) is 35.3 Å². The summed E-state index contributed by atoms with van der Waals surface area (Å²) in [6, 6.07) is 14.6. The Hall–Kier alpha value is -3.89. The summed E-state index contributed by atoms with van der Waals surface area (Å²) in [5.41, 5.74) is 2.46. The SMILES string of the molecule is Cc1ccc(NC(=O)/C(C#N)=C/c2ccc(-c3cc([N+](=O)[O-])ccc3C)o2)cc1Cl. The van der Waals surface area contributed by atoms with E-state index in [1.165, 1.54) is 18.2 Å². The smallest absolute Gasteiger partial charge is 0.270 e. The van der Waals surface area contributed by atoms with Crippen molar-refractivity contribution in [3.05, 3.63) is 86.1 Å². The fraction of sp³-hybridized carbons (Fsp3) is 0.0909. The molecule has 3 rings (SSSR count). The third-order valence-corrected chi connectivity index (χ3v) is 4.81. The number of benzene rings is 2. The molecule has 0 fully saturated rings. The van der Waals surface area contributed by atoms with Crippen LogP contribution in [0.1, 0.15) is 16.9 Å². The number of halogens is 1. The summed E-state index contributed by atoms with van der Waals surface area (Å²) < 4.78 is 5.70. The average molecular weight is 422 g/mol. The molecule has 150 valence electrons. The number of furan rings is 1. The number of non-ortho nitro benzene ring substituents is 1. The number of amides is 1. The molecule has 8 heteroatoms. The van der Waals surface area contributed by atoms with Crippen LogP contribution in [0.2, 0.25) is 5.02 Å². The van der Waals surface area contributed by atoms with Crippen molar-refractivity contribution in [1.29, 1.82) is 5.26 Å². The van der Waals surface area contributed by atoms with Gasteiger partial charge in [-0.3, -0.25) is 14.9 Å². The Morgan fingerprint density at radius 1 is 1.17 bits per heavy atom. The largest absolute Gasteiger partial charge is 0.457 e. The Balaban J connectivity index is 1.86. The monoisotopic (exact) mass is 421 g/mol. The number of nitrogens with zero attached hydrogens (tertiary/aromatic N) is 2. The van der Waals surface area contributed by atoms with E-state index in [0.29, 0.717) is 22.0 Å². The highest BCUT2D eigenvalue weighted by atomic mass is 35.5. The number of nitro groups is 1. The molecule has 0 spiro atoms. The zero-order valence-corrected chi connectivity index (χ0v) is 16.9. The van der Waals surface area contributed by atoms with Gasteiger partial charge in [0.15, 0.2) is 0 Å². The van der Waals surface area contributed by atoms with Crippen molar-refractivity contribution in [2.75, 3.05) is 5.32 Å². The molecule has 1 aromatic heterocycles. The summed E-state index contributed by atoms with van der Waals surface area (Å²) in [6.45, 7) is 3.64. The van der Waals surface area contributed by atoms with E-state index >= 15 is 0 Å². The van der Waals surface area contributed by atoms with Gasteiger partial charge in [0.1, 0.15) is 23.2 Å². The van der Waals surface area contributed by atoms with Crippen molar-refractivity contribution in [3.8, 4) is 17.4 Å². The fourth-order valence-electron chi connectivity index (χ4n) is 2.72. The van der Waals surface area contributed by atoms with Crippen LogP contribution in [0.5, 0.6) is 0 Å². The van der Waals surface area contributed by atoms with Crippen molar-refractivity contribution in [1.82, 2.24) is 0 Å². The third kappa shape index (κ3) is 4.57. The van der Waals surface area contributed by atoms with E-state index in [9.17, 15) is 20.2 Å². The number of carbonyl (C=O) groups excluding carboxylic acids is 1. The van der Waals surface area contributed by atoms with Gasteiger partial charge in [-0.25, -0.2) is 0 Å². The number of aryl methyl sites for hydroxylation is 2. The molecule has 1 amide bonds. The van der Waals surface area contributed by atoms with Crippen molar-refractivity contribution in [2.24, 2.45) is 0 Å². The molecule has 30 heavy (non-hydrogen) atoms. The van der Waals surface area contributed by atoms with Crippen LogP contribution in [0.25, 0.3) is 17.4 Å². The molecule has 0 aliphatic rings. The summed E-state index contributed by atoms with van der Waals surface area (Å²) in [7, 11) is 0. The number of nitro benzene ring substituents is 1. The van der Waals surface area contributed by atoms with E-state index in [0.717, 1.165) is 11.1 Å². The third-order valence-electron chi connectivity index (χ3n) is 4.41. The predicted octanol–water partition coefficient (Wildman–Crippen LogP) is 5.67. The molecule has 0 unspecified atom stereocenters. The van der Waals surface area contributed by atoms with Gasteiger partial charge < -0.3 is 9.73 Å². The number of nitriles is 1. The number of carbonyl (C=O) groups is 1. The van der Waals surface area contributed by atoms with Crippen LogP contribution in [-0.4, -0.2) is 10.8 Å². The number of hydrogen-bond acceptors (Lipinski definition) is 5. The molecule has 2 aromatic carbocycles. The molecule has 1 heterocycles. The lowest BCUT2D eigenvalue weighted by Gasteiger charge is -2.06. The summed E-state index contributed by atoms with van der Waals surface area (Å²) in [5, 5.41) is 23.5. The summed E-state index contributed by atoms with van der Waals surface area (Å²) >= 11 is 6.06. The molecule has 0 atom stereocenters. The van der Waals surface area contributed by atoms with Crippen molar-refractivity contribution in [3.63, 3.8) is 0 Å². The topological polar surface area (TPSA) is 109 Å².